The lowest BCUT2D eigenvalue weighted by Gasteiger charge is -2.38. The minimum absolute atomic E-state index is 0.00818. The van der Waals surface area contributed by atoms with Crippen molar-refractivity contribution in [2.45, 2.75) is 83.2 Å². The molecule has 1 aromatic heterocycles. The Hall–Kier alpha value is -1.01. The molecule has 0 unspecified atom stereocenters. The van der Waals surface area contributed by atoms with Crippen molar-refractivity contribution in [2.24, 2.45) is 0 Å². The van der Waals surface area contributed by atoms with Gasteiger partial charge in [0.25, 0.3) is 0 Å². The van der Waals surface area contributed by atoms with Gasteiger partial charge in [0.1, 0.15) is 5.01 Å². The zero-order valence-corrected chi connectivity index (χ0v) is 15.3. The number of amides is 1. The quantitative estimate of drug-likeness (QED) is 0.917. The number of anilines is 1. The average molecular weight is 337 g/mol. The van der Waals surface area contributed by atoms with Gasteiger partial charge in [0.2, 0.25) is 11.0 Å². The second kappa shape index (κ2) is 6.85. The van der Waals surface area contributed by atoms with Crippen molar-refractivity contribution < 1.29 is 4.79 Å². The summed E-state index contributed by atoms with van der Waals surface area (Å²) in [6.45, 7) is 7.40. The minimum Gasteiger partial charge on any atom is -0.299 e. The first-order chi connectivity index (χ1) is 10.9. The number of hydrogen-bond acceptors (Lipinski definition) is 5. The molecular weight excluding hydrogens is 308 g/mol. The average Bonchev–Trinajstić information content (AvgIpc) is 3.18. The Morgan fingerprint density at radius 2 is 1.83 bits per heavy atom. The summed E-state index contributed by atoms with van der Waals surface area (Å²) in [6.07, 6.45) is 8.43. The van der Waals surface area contributed by atoms with Crippen LogP contribution in [0.5, 0.6) is 0 Å². The fourth-order valence-electron chi connectivity index (χ4n) is 3.67. The molecule has 0 bridgehead atoms. The molecule has 1 saturated carbocycles. The van der Waals surface area contributed by atoms with Gasteiger partial charge in [-0.05, 0) is 32.2 Å². The van der Waals surface area contributed by atoms with E-state index in [0.29, 0.717) is 11.2 Å². The smallest absolute Gasteiger partial charge is 0.243 e. The molecule has 2 aliphatic rings. The molecular formula is C17H28N4OS. The van der Waals surface area contributed by atoms with Gasteiger partial charge < -0.3 is 0 Å². The van der Waals surface area contributed by atoms with Crippen molar-refractivity contribution in [2.75, 3.05) is 11.9 Å². The maximum absolute atomic E-state index is 12.8. The molecule has 1 amide bonds. The Morgan fingerprint density at radius 1 is 1.13 bits per heavy atom. The predicted octanol–water partition coefficient (Wildman–Crippen LogP) is 3.57. The molecule has 1 aromatic rings. The van der Waals surface area contributed by atoms with Crippen LogP contribution in [-0.4, -0.2) is 39.6 Å². The van der Waals surface area contributed by atoms with Gasteiger partial charge in [-0.3, -0.25) is 15.0 Å². The summed E-state index contributed by atoms with van der Waals surface area (Å²) in [5.74, 6) is 0.105. The lowest BCUT2D eigenvalue weighted by atomic mass is 9.98. The van der Waals surface area contributed by atoms with Crippen LogP contribution < -0.4 is 5.32 Å². The van der Waals surface area contributed by atoms with E-state index in [1.54, 1.807) is 0 Å². The fourth-order valence-corrected chi connectivity index (χ4v) is 4.48. The number of nitrogens with zero attached hydrogens (tertiary/aromatic N) is 3. The van der Waals surface area contributed by atoms with Crippen molar-refractivity contribution in [1.82, 2.24) is 15.1 Å². The second-order valence-electron chi connectivity index (χ2n) is 7.84. The first kappa shape index (κ1) is 16.8. The van der Waals surface area contributed by atoms with E-state index in [9.17, 15) is 4.79 Å². The van der Waals surface area contributed by atoms with Crippen molar-refractivity contribution in [3.63, 3.8) is 0 Å². The highest BCUT2D eigenvalue weighted by molar-refractivity contribution is 7.15. The molecule has 5 nitrogen and oxygen atoms in total. The molecule has 1 N–H and O–H groups in total. The van der Waals surface area contributed by atoms with Gasteiger partial charge in [0, 0.05) is 11.5 Å². The minimum atomic E-state index is -0.0264. The highest BCUT2D eigenvalue weighted by Crippen LogP contribution is 2.31. The molecule has 0 spiro atoms. The third kappa shape index (κ3) is 3.91. The third-order valence-corrected chi connectivity index (χ3v) is 6.20. The molecule has 2 fully saturated rings. The molecule has 0 radical (unpaired) electrons. The molecule has 2 heterocycles. The monoisotopic (exact) mass is 336 g/mol. The topological polar surface area (TPSA) is 58.1 Å². The van der Waals surface area contributed by atoms with E-state index in [1.165, 1.54) is 43.4 Å². The highest BCUT2D eigenvalue weighted by Gasteiger charge is 2.35. The van der Waals surface area contributed by atoms with E-state index in [2.05, 4.69) is 41.2 Å². The van der Waals surface area contributed by atoms with Crippen LogP contribution in [0.25, 0.3) is 0 Å². The van der Waals surface area contributed by atoms with Crippen LogP contribution in [0.3, 0.4) is 0 Å². The summed E-state index contributed by atoms with van der Waals surface area (Å²) in [6, 6.07) is 0.611. The molecule has 23 heavy (non-hydrogen) atoms. The molecule has 1 aliphatic carbocycles. The Kier molecular flexibility index (Phi) is 5.01. The number of aromatic nitrogens is 2. The zero-order chi connectivity index (χ0) is 16.4. The predicted molar refractivity (Wildman–Crippen MR) is 93.8 cm³/mol. The second-order valence-corrected chi connectivity index (χ2v) is 8.82. The lowest BCUT2D eigenvalue weighted by Crippen LogP contribution is -2.51. The van der Waals surface area contributed by atoms with Crippen LogP contribution in [-0.2, 0) is 10.2 Å². The first-order valence-electron chi connectivity index (χ1n) is 8.86. The Balaban J connectivity index is 1.67. The van der Waals surface area contributed by atoms with Crippen molar-refractivity contribution in [3.05, 3.63) is 5.01 Å². The number of rotatable bonds is 3. The Labute approximate surface area is 142 Å². The molecule has 128 valence electrons. The largest absolute Gasteiger partial charge is 0.299 e. The third-order valence-electron chi connectivity index (χ3n) is 4.94. The number of piperidine rings is 1. The van der Waals surface area contributed by atoms with Crippen LogP contribution >= 0.6 is 11.3 Å². The van der Waals surface area contributed by atoms with Gasteiger partial charge in [-0.15, -0.1) is 10.2 Å². The van der Waals surface area contributed by atoms with E-state index in [0.717, 1.165) is 24.4 Å². The number of hydrogen-bond donors (Lipinski definition) is 1. The summed E-state index contributed by atoms with van der Waals surface area (Å²) in [5, 5.41) is 13.0. The number of nitrogens with one attached hydrogen (secondary N) is 1. The highest BCUT2D eigenvalue weighted by atomic mass is 32.1. The van der Waals surface area contributed by atoms with Crippen LogP contribution in [0.1, 0.15) is 70.7 Å². The van der Waals surface area contributed by atoms with E-state index in [4.69, 9.17) is 0 Å². The van der Waals surface area contributed by atoms with E-state index >= 15 is 0 Å². The number of likely N-dealkylation sites (tertiary alicyclic amines) is 1. The summed E-state index contributed by atoms with van der Waals surface area (Å²) >= 11 is 1.49. The van der Waals surface area contributed by atoms with Gasteiger partial charge in [-0.2, -0.15) is 0 Å². The maximum Gasteiger partial charge on any atom is 0.243 e. The molecule has 3 rings (SSSR count). The zero-order valence-electron chi connectivity index (χ0n) is 14.5. The molecule has 1 atom stereocenters. The normalized spacial score (nSPS) is 24.0. The summed E-state index contributed by atoms with van der Waals surface area (Å²) in [7, 11) is 0. The van der Waals surface area contributed by atoms with Crippen molar-refractivity contribution in [1.29, 1.82) is 0 Å². The van der Waals surface area contributed by atoms with Gasteiger partial charge >= 0.3 is 0 Å². The van der Waals surface area contributed by atoms with Crippen LogP contribution in [0.15, 0.2) is 0 Å². The fraction of sp³-hybridized carbons (Fsp3) is 0.824. The van der Waals surface area contributed by atoms with E-state index in [-0.39, 0.29) is 17.4 Å². The maximum atomic E-state index is 12.8. The summed E-state index contributed by atoms with van der Waals surface area (Å²) < 4.78 is 0. The first-order valence-corrected chi connectivity index (χ1v) is 9.67. The molecule has 1 saturated heterocycles. The van der Waals surface area contributed by atoms with Gasteiger partial charge in [0.05, 0.1) is 6.04 Å². The molecule has 0 aromatic carbocycles. The van der Waals surface area contributed by atoms with E-state index in [1.807, 2.05) is 0 Å². The van der Waals surface area contributed by atoms with Gasteiger partial charge in [-0.25, -0.2) is 0 Å². The number of carbonyl (C=O) groups excluding carboxylic acids is 1. The van der Waals surface area contributed by atoms with Crippen molar-refractivity contribution >= 4 is 22.4 Å². The lowest BCUT2D eigenvalue weighted by molar-refractivity contribution is -0.123. The summed E-state index contributed by atoms with van der Waals surface area (Å²) in [5.41, 5.74) is -0.0264. The number of carbonyl (C=O) groups is 1. The van der Waals surface area contributed by atoms with Gasteiger partial charge in [-0.1, -0.05) is 51.4 Å². The Morgan fingerprint density at radius 3 is 2.48 bits per heavy atom. The SMILES string of the molecule is CC(C)(C)c1nnc(NC(=O)[C@@H]2CCCCN2C2CCCC2)s1. The van der Waals surface area contributed by atoms with Crippen LogP contribution in [0.2, 0.25) is 0 Å². The molecule has 6 heteroatoms. The standard InChI is InChI=1S/C17H28N4OS/c1-17(2,3)15-19-20-16(23-15)18-14(22)13-10-6-7-11-21(13)12-8-4-5-9-12/h12-13H,4-11H2,1-3H3,(H,18,20,22)/t13-/m0/s1. The Bertz CT molecular complexity index is 545. The summed E-state index contributed by atoms with van der Waals surface area (Å²) in [4.78, 5) is 15.2. The van der Waals surface area contributed by atoms with Crippen molar-refractivity contribution in [3.8, 4) is 0 Å². The van der Waals surface area contributed by atoms with E-state index < -0.39 is 0 Å². The van der Waals surface area contributed by atoms with Crippen LogP contribution in [0, 0.1) is 0 Å². The molecule has 1 aliphatic heterocycles. The van der Waals surface area contributed by atoms with Gasteiger partial charge in [0.15, 0.2) is 0 Å². The van der Waals surface area contributed by atoms with Crippen LogP contribution in [0.4, 0.5) is 5.13 Å².